The number of rotatable bonds is 6. The van der Waals surface area contributed by atoms with Gasteiger partial charge in [-0.3, -0.25) is 4.79 Å². The Balaban J connectivity index is 1.36. The molecule has 8 nitrogen and oxygen atoms in total. The van der Waals surface area contributed by atoms with Crippen LogP contribution in [0.25, 0.3) is 11.4 Å². The molecule has 1 saturated heterocycles. The normalized spacial score (nSPS) is 21.4. The molecule has 2 aliphatic rings. The fourth-order valence-corrected chi connectivity index (χ4v) is 4.74. The first-order valence-electron chi connectivity index (χ1n) is 11.5. The van der Waals surface area contributed by atoms with Crippen molar-refractivity contribution in [3.05, 3.63) is 59.4 Å². The molecule has 3 aromatic heterocycles. The fraction of sp³-hybridized carbons (Fsp3) is 0.440. The van der Waals surface area contributed by atoms with Crippen LogP contribution in [-0.4, -0.2) is 54.9 Å². The molecule has 0 bridgehead atoms. The van der Waals surface area contributed by atoms with E-state index >= 15 is 0 Å². The predicted octanol–water partition coefficient (Wildman–Crippen LogP) is 3.57. The van der Waals surface area contributed by atoms with Crippen molar-refractivity contribution in [2.45, 2.75) is 46.1 Å². The summed E-state index contributed by atoms with van der Waals surface area (Å²) in [6.07, 6.45) is 6.28. The summed E-state index contributed by atoms with van der Waals surface area (Å²) in [6.45, 7) is 6.98. The maximum absolute atomic E-state index is 13.8. The molecule has 0 N–H and O–H groups in total. The minimum absolute atomic E-state index is 0.0563. The van der Waals surface area contributed by atoms with Crippen LogP contribution in [0.5, 0.6) is 6.01 Å². The highest BCUT2D eigenvalue weighted by Crippen LogP contribution is 2.48. The number of fused-ring (bicyclic) bond motifs is 1. The number of carbonyl (C=O) groups is 1. The maximum atomic E-state index is 13.8. The third-order valence-corrected chi connectivity index (χ3v) is 6.46. The molecule has 1 amide bonds. The van der Waals surface area contributed by atoms with Gasteiger partial charge in [0.25, 0.3) is 5.91 Å². The highest BCUT2D eigenvalue weighted by Gasteiger charge is 2.47. The Bertz CT molecular complexity index is 1150. The van der Waals surface area contributed by atoms with Crippen molar-refractivity contribution >= 4 is 5.91 Å². The predicted molar refractivity (Wildman–Crippen MR) is 123 cm³/mol. The number of piperidine rings is 1. The molecule has 4 heterocycles. The first kappa shape index (κ1) is 21.4. The molecular weight excluding hydrogens is 416 g/mol. The van der Waals surface area contributed by atoms with Crippen LogP contribution >= 0.6 is 0 Å². The van der Waals surface area contributed by atoms with Crippen LogP contribution in [0, 0.1) is 32.6 Å². The third-order valence-electron chi connectivity index (χ3n) is 6.46. The number of aromatic nitrogens is 5. The van der Waals surface area contributed by atoms with E-state index in [1.165, 1.54) is 6.42 Å². The van der Waals surface area contributed by atoms with Crippen LogP contribution in [-0.2, 0) is 0 Å². The van der Waals surface area contributed by atoms with Gasteiger partial charge in [-0.1, -0.05) is 0 Å². The molecule has 1 aliphatic heterocycles. The number of nitrogens with zero attached hydrogens (tertiary/aromatic N) is 6. The van der Waals surface area contributed by atoms with Crippen molar-refractivity contribution in [2.24, 2.45) is 11.8 Å². The Kier molecular flexibility index (Phi) is 5.74. The Morgan fingerprint density at radius 1 is 1.00 bits per heavy atom. The molecule has 1 saturated carbocycles. The summed E-state index contributed by atoms with van der Waals surface area (Å²) in [7, 11) is 0. The number of pyridine rings is 1. The van der Waals surface area contributed by atoms with E-state index in [2.05, 4.69) is 24.9 Å². The van der Waals surface area contributed by atoms with Gasteiger partial charge in [-0.2, -0.15) is 0 Å². The molecule has 2 fully saturated rings. The minimum Gasteiger partial charge on any atom is -0.463 e. The van der Waals surface area contributed by atoms with Gasteiger partial charge < -0.3 is 9.64 Å². The number of carbonyl (C=O) groups excluding carboxylic acids is 1. The number of likely N-dealkylation sites (tertiary alicyclic amines) is 1. The van der Waals surface area contributed by atoms with E-state index < -0.39 is 0 Å². The highest BCUT2D eigenvalue weighted by molar-refractivity contribution is 5.98. The summed E-state index contributed by atoms with van der Waals surface area (Å²) in [5.74, 6) is 1.76. The van der Waals surface area contributed by atoms with Crippen LogP contribution in [0.3, 0.4) is 0 Å². The van der Waals surface area contributed by atoms with Crippen LogP contribution in [0.15, 0.2) is 36.7 Å². The number of aryl methyl sites for hydroxylation is 3. The smallest absolute Gasteiger partial charge is 0.316 e. The summed E-state index contributed by atoms with van der Waals surface area (Å²) in [5, 5.41) is 0. The molecule has 0 spiro atoms. The van der Waals surface area contributed by atoms with Gasteiger partial charge in [0.1, 0.15) is 5.69 Å². The lowest BCUT2D eigenvalue weighted by molar-refractivity contribution is 0.0559. The average Bonchev–Trinajstić information content (AvgIpc) is 3.56. The first-order chi connectivity index (χ1) is 16.0. The van der Waals surface area contributed by atoms with Crippen LogP contribution < -0.4 is 4.74 Å². The standard InChI is InChI=1S/C25H28N6O2/c1-15-5-6-21(23-26-8-4-9-27-23)22(28-15)24(32)31-14-19-12-18(19)13-20(31)7-10-33-25-29-16(2)11-17(3)30-25/h4-6,8-9,11,18-20H,7,10,12-14H2,1-3H3. The van der Waals surface area contributed by atoms with Crippen molar-refractivity contribution in [2.75, 3.05) is 13.2 Å². The molecule has 170 valence electrons. The zero-order chi connectivity index (χ0) is 22.9. The molecule has 5 rings (SSSR count). The van der Waals surface area contributed by atoms with Crippen LogP contribution in [0.1, 0.15) is 46.8 Å². The van der Waals surface area contributed by atoms with Crippen LogP contribution in [0.2, 0.25) is 0 Å². The second-order valence-electron chi connectivity index (χ2n) is 9.09. The zero-order valence-electron chi connectivity index (χ0n) is 19.2. The molecule has 1 aliphatic carbocycles. The molecule has 0 aromatic carbocycles. The quantitative estimate of drug-likeness (QED) is 0.574. The van der Waals surface area contributed by atoms with E-state index in [-0.39, 0.29) is 11.9 Å². The molecule has 3 aromatic rings. The lowest BCUT2D eigenvalue weighted by atomic mass is 9.98. The van der Waals surface area contributed by atoms with Crippen molar-refractivity contribution in [3.63, 3.8) is 0 Å². The molecule has 8 heteroatoms. The van der Waals surface area contributed by atoms with E-state index in [9.17, 15) is 4.79 Å². The summed E-state index contributed by atoms with van der Waals surface area (Å²) in [4.78, 5) is 37.8. The Hall–Kier alpha value is -3.42. The average molecular weight is 445 g/mol. The molecule has 33 heavy (non-hydrogen) atoms. The number of ether oxygens (including phenoxy) is 1. The van der Waals surface area contributed by atoms with Gasteiger partial charge >= 0.3 is 6.01 Å². The molecule has 3 atom stereocenters. The zero-order valence-corrected chi connectivity index (χ0v) is 19.2. The maximum Gasteiger partial charge on any atom is 0.316 e. The van der Waals surface area contributed by atoms with Gasteiger partial charge in [-0.25, -0.2) is 24.9 Å². The molecular formula is C25H28N6O2. The Morgan fingerprint density at radius 2 is 1.76 bits per heavy atom. The Labute approximate surface area is 193 Å². The van der Waals surface area contributed by atoms with Crippen molar-refractivity contribution in [1.29, 1.82) is 0 Å². The summed E-state index contributed by atoms with van der Waals surface area (Å²) in [6, 6.07) is 7.97. The SMILES string of the molecule is Cc1cc(C)nc(OCCC2CC3CC3CN2C(=O)c2nc(C)ccc2-c2ncccn2)n1. The molecule has 0 radical (unpaired) electrons. The fourth-order valence-electron chi connectivity index (χ4n) is 4.74. The van der Waals surface area contributed by atoms with Gasteiger partial charge in [0.15, 0.2) is 5.82 Å². The number of amides is 1. The molecule has 3 unspecified atom stereocenters. The van der Waals surface area contributed by atoms with Crippen molar-refractivity contribution in [3.8, 4) is 17.4 Å². The Morgan fingerprint density at radius 3 is 2.52 bits per heavy atom. The van der Waals surface area contributed by atoms with Gasteiger partial charge in [-0.15, -0.1) is 0 Å². The number of hydrogen-bond acceptors (Lipinski definition) is 7. The van der Waals surface area contributed by atoms with Gasteiger partial charge in [-0.05, 0) is 69.7 Å². The monoisotopic (exact) mass is 444 g/mol. The highest BCUT2D eigenvalue weighted by atomic mass is 16.5. The van der Waals surface area contributed by atoms with E-state index in [1.54, 1.807) is 18.5 Å². The van der Waals surface area contributed by atoms with E-state index in [4.69, 9.17) is 4.74 Å². The van der Waals surface area contributed by atoms with Gasteiger partial charge in [0.2, 0.25) is 0 Å². The largest absolute Gasteiger partial charge is 0.463 e. The lowest BCUT2D eigenvalue weighted by Crippen LogP contribution is -2.46. The van der Waals surface area contributed by atoms with Crippen molar-refractivity contribution in [1.82, 2.24) is 29.8 Å². The van der Waals surface area contributed by atoms with E-state index in [0.717, 1.165) is 36.5 Å². The van der Waals surface area contributed by atoms with Crippen molar-refractivity contribution < 1.29 is 9.53 Å². The topological polar surface area (TPSA) is 94.0 Å². The summed E-state index contributed by atoms with van der Waals surface area (Å²) < 4.78 is 5.87. The summed E-state index contributed by atoms with van der Waals surface area (Å²) in [5.41, 5.74) is 3.65. The van der Waals surface area contributed by atoms with E-state index in [1.807, 2.05) is 43.9 Å². The van der Waals surface area contributed by atoms with Gasteiger partial charge in [0, 0.05) is 48.5 Å². The van der Waals surface area contributed by atoms with Gasteiger partial charge in [0.05, 0.1) is 12.2 Å². The van der Waals surface area contributed by atoms with E-state index in [0.29, 0.717) is 41.5 Å². The summed E-state index contributed by atoms with van der Waals surface area (Å²) >= 11 is 0. The second-order valence-corrected chi connectivity index (χ2v) is 9.09. The third kappa shape index (κ3) is 4.69. The first-order valence-corrected chi connectivity index (χ1v) is 11.5. The second kappa shape index (κ2) is 8.84. The van der Waals surface area contributed by atoms with Crippen LogP contribution in [0.4, 0.5) is 0 Å². The number of hydrogen-bond donors (Lipinski definition) is 0. The minimum atomic E-state index is -0.0563. The lowest BCUT2D eigenvalue weighted by Gasteiger charge is -2.35.